The molecule has 0 saturated carbocycles. The average molecular weight is 1620 g/mol. The first-order chi connectivity index (χ1) is 59.4. The van der Waals surface area contributed by atoms with Gasteiger partial charge in [-0.05, 0) is 281 Å². The van der Waals surface area contributed by atoms with E-state index in [-0.39, 0.29) is 0 Å². The van der Waals surface area contributed by atoms with Crippen LogP contribution in [0.15, 0.2) is 383 Å². The molecule has 0 aliphatic carbocycles. The Morgan fingerprint density at radius 3 is 0.837 bits per heavy atom. The summed E-state index contributed by atoms with van der Waals surface area (Å²) in [6.45, 7) is 33.7. The molecule has 0 fully saturated rings. The number of hydrogen-bond donors (Lipinski definition) is 0. The van der Waals surface area contributed by atoms with Crippen LogP contribution >= 0.6 is 11.3 Å². The van der Waals surface area contributed by atoms with Gasteiger partial charge in [0.15, 0.2) is 0 Å². The Kier molecular flexibility index (Phi) is 31.2. The molecule has 0 bridgehead atoms. The summed E-state index contributed by atoms with van der Waals surface area (Å²) in [5.74, 6) is 0. The maximum atomic E-state index is 4.80. The van der Waals surface area contributed by atoms with Crippen LogP contribution in [0.2, 0.25) is 0 Å². The van der Waals surface area contributed by atoms with E-state index in [1.165, 1.54) is 170 Å². The zero-order chi connectivity index (χ0) is 86.7. The molecule has 0 N–H and O–H groups in total. The fourth-order valence-corrected chi connectivity index (χ4v) is 15.3. The number of fused-ring (bicyclic) bond motifs is 4. The van der Waals surface area contributed by atoms with Crippen LogP contribution in [-0.2, 0) is 0 Å². The molecule has 123 heavy (non-hydrogen) atoms. The lowest BCUT2D eigenvalue weighted by Gasteiger charge is -2.07. The minimum atomic E-state index is 0.939. The number of rotatable bonds is 8. The number of thiophene rings is 1. The third-order valence-corrected chi connectivity index (χ3v) is 22.0. The summed E-state index contributed by atoms with van der Waals surface area (Å²) < 4.78 is 2.78. The molecule has 6 aromatic heterocycles. The maximum Gasteiger partial charge on any atom is 0.0889 e. The Balaban J connectivity index is 0.000000129. The molecule has 0 aliphatic rings. The fourth-order valence-electron chi connectivity index (χ4n) is 14.2. The molecule has 0 saturated heterocycles. The highest BCUT2D eigenvalue weighted by Gasteiger charge is 2.10. The number of hydrogen-bond acceptors (Lipinski definition) is 6. The predicted molar refractivity (Wildman–Crippen MR) is 530 cm³/mol. The van der Waals surface area contributed by atoms with Crippen molar-refractivity contribution in [3.63, 3.8) is 0 Å². The number of aryl methyl sites for hydroxylation is 16. The molecule has 0 spiro atoms. The zero-order valence-electron chi connectivity index (χ0n) is 74.0. The number of aromatic nitrogens is 5. The molecule has 13 aromatic carbocycles. The van der Waals surface area contributed by atoms with Crippen molar-refractivity contribution < 1.29 is 0 Å². The molecule has 6 heterocycles. The highest BCUT2D eigenvalue weighted by atomic mass is 32.1. The summed E-state index contributed by atoms with van der Waals surface area (Å²) in [4.78, 5) is 22.2. The van der Waals surface area contributed by atoms with E-state index >= 15 is 0 Å². The van der Waals surface area contributed by atoms with Crippen molar-refractivity contribution in [1.82, 2.24) is 24.9 Å². The normalized spacial score (nSPS) is 10.4. The van der Waals surface area contributed by atoms with Gasteiger partial charge in [-0.1, -0.05) is 322 Å². The monoisotopic (exact) mass is 1620 g/mol. The second kappa shape index (κ2) is 43.4. The molecule has 0 aliphatic heterocycles. The van der Waals surface area contributed by atoms with E-state index in [9.17, 15) is 0 Å². The zero-order valence-corrected chi connectivity index (χ0v) is 74.8. The van der Waals surface area contributed by atoms with Gasteiger partial charge in [-0.2, -0.15) is 0 Å². The number of nitrogens with zero attached hydrogens (tertiary/aromatic N) is 5. The second-order valence-electron chi connectivity index (χ2n) is 32.2. The van der Waals surface area contributed by atoms with E-state index in [0.29, 0.717) is 0 Å². The number of pyridine rings is 5. The van der Waals surface area contributed by atoms with E-state index in [4.69, 9.17) is 4.98 Å². The molecule has 610 valence electrons. The molecule has 19 rings (SSSR count). The summed E-state index contributed by atoms with van der Waals surface area (Å²) in [6, 6.07) is 128. The minimum Gasteiger partial charge on any atom is -0.256 e. The lowest BCUT2D eigenvalue weighted by molar-refractivity contribution is 1.17. The van der Waals surface area contributed by atoms with Crippen molar-refractivity contribution in [1.29, 1.82) is 0 Å². The smallest absolute Gasteiger partial charge is 0.0889 e. The van der Waals surface area contributed by atoms with Gasteiger partial charge in [0, 0.05) is 66.7 Å². The van der Waals surface area contributed by atoms with Gasteiger partial charge in [-0.15, -0.1) is 11.3 Å². The van der Waals surface area contributed by atoms with E-state index in [1.54, 1.807) is 0 Å². The van der Waals surface area contributed by atoms with Crippen LogP contribution < -0.4 is 0 Å². The lowest BCUT2D eigenvalue weighted by atomic mass is 9.97. The Labute approximate surface area is 734 Å². The van der Waals surface area contributed by atoms with Crippen molar-refractivity contribution in [2.24, 2.45) is 0 Å². The first kappa shape index (κ1) is 88.4. The van der Waals surface area contributed by atoms with Crippen LogP contribution in [0, 0.1) is 111 Å². The van der Waals surface area contributed by atoms with Gasteiger partial charge in [0.1, 0.15) is 0 Å². The molecule has 0 amide bonds. The van der Waals surface area contributed by atoms with Crippen LogP contribution in [0.25, 0.3) is 121 Å². The topological polar surface area (TPSA) is 64.5 Å². The maximum absolute atomic E-state index is 4.80. The van der Waals surface area contributed by atoms with Crippen molar-refractivity contribution in [2.45, 2.75) is 111 Å². The summed E-state index contributed by atoms with van der Waals surface area (Å²) in [5, 5.41) is 5.47. The standard InChI is InChI=1S/C20H18.C19H17N.C14H12S.C14H14.2C13H13N.C12H12N2.C12H12/c1-15-6-3-8-17(12-15)19-10-5-11-20(14-19)18-9-4-7-16(2)13-18;1-14-6-3-8-16(12-14)18-10-5-11-19(20-18)17-9-4-7-15(2)13-17;1-9-3-5-13-11(7-9)12-8-10(2)4-6-14(12)15-13;1-11-6-8-13(9-7-11)14-5-3-4-12(2)10-14;1-10-3-5-12(6-4-10)13-9-11(2)7-8-14-13;1-10-4-3-5-12(8-10)13-9-11(2)6-7-14-13;1-9-6-7-13-12(8-9)11-5-3-4-10(2)14-11;1-9-3-5-12-8-10(2)4-6-11(12)7-9/h3-14H,1-2H3;3-13H,1-2H3;3-8H,1-2H3;3-10H,1-2H3;2*3-9H,1-2H3;3-8H,1-2H3;3-8H,1-2H3. The SMILES string of the molecule is Cc1ccc(-c2cc(C)ccn2)cc1.Cc1ccc(-c2cccc(C)c2)cc1.Cc1ccc2cc(C)ccc2c1.Cc1ccc2sc3ccc(C)cc3c2c1.Cc1cccc(-c2cc(C)ccn2)c1.Cc1cccc(-c2cccc(-c3cccc(C)c3)c2)c1.Cc1cccc(-c2cccc(-c3cccc(C)c3)n2)c1.Cc1ccnc(-c2cccc(C)n2)c1. The largest absolute Gasteiger partial charge is 0.256 e. The second-order valence-corrected chi connectivity index (χ2v) is 33.3. The van der Waals surface area contributed by atoms with Gasteiger partial charge >= 0.3 is 0 Å². The predicted octanol–water partition coefficient (Wildman–Crippen LogP) is 32.3. The molecule has 19 aromatic rings. The Hall–Kier alpha value is -13.9. The van der Waals surface area contributed by atoms with Gasteiger partial charge in [-0.25, -0.2) is 4.98 Å². The third-order valence-electron chi connectivity index (χ3n) is 20.8. The average Bonchev–Trinajstić information content (AvgIpc) is 1.59. The van der Waals surface area contributed by atoms with E-state index in [0.717, 1.165) is 39.9 Å². The fraction of sp³-hybridized carbons (Fsp3) is 0.137. The third kappa shape index (κ3) is 26.5. The van der Waals surface area contributed by atoms with E-state index in [1.807, 2.05) is 79.3 Å². The Morgan fingerprint density at radius 1 is 0.163 bits per heavy atom. The lowest BCUT2D eigenvalue weighted by Crippen LogP contribution is -1.89. The van der Waals surface area contributed by atoms with Crippen LogP contribution in [0.5, 0.6) is 0 Å². The summed E-state index contributed by atoms with van der Waals surface area (Å²) in [5.41, 5.74) is 38.7. The van der Waals surface area contributed by atoms with Crippen LogP contribution in [0.1, 0.15) is 89.1 Å². The van der Waals surface area contributed by atoms with Crippen molar-refractivity contribution in [2.75, 3.05) is 0 Å². The van der Waals surface area contributed by atoms with Crippen molar-refractivity contribution in [3.05, 3.63) is 472 Å². The van der Waals surface area contributed by atoms with Gasteiger partial charge < -0.3 is 0 Å². The Bertz CT molecular complexity index is 6100. The molecular formula is C117H111N5S. The van der Waals surface area contributed by atoms with Crippen LogP contribution in [-0.4, -0.2) is 24.9 Å². The summed E-state index contributed by atoms with van der Waals surface area (Å²) >= 11 is 1.88. The van der Waals surface area contributed by atoms with Crippen molar-refractivity contribution in [3.8, 4) is 89.8 Å². The van der Waals surface area contributed by atoms with Gasteiger partial charge in [-0.3, -0.25) is 19.9 Å². The van der Waals surface area contributed by atoms with Gasteiger partial charge in [0.05, 0.1) is 34.2 Å². The van der Waals surface area contributed by atoms with Crippen LogP contribution in [0.3, 0.4) is 0 Å². The molecule has 5 nitrogen and oxygen atoms in total. The highest BCUT2D eigenvalue weighted by Crippen LogP contribution is 2.36. The van der Waals surface area contributed by atoms with Gasteiger partial charge in [0.25, 0.3) is 0 Å². The molecular weight excluding hydrogens is 1510 g/mol. The summed E-state index contributed by atoms with van der Waals surface area (Å²) in [7, 11) is 0. The molecule has 0 unspecified atom stereocenters. The molecule has 0 atom stereocenters. The number of benzene rings is 13. The first-order valence-corrected chi connectivity index (χ1v) is 43.0. The van der Waals surface area contributed by atoms with Gasteiger partial charge in [0.2, 0.25) is 0 Å². The molecule has 0 radical (unpaired) electrons. The highest BCUT2D eigenvalue weighted by molar-refractivity contribution is 7.25. The quantitative estimate of drug-likeness (QED) is 0.152. The van der Waals surface area contributed by atoms with Crippen LogP contribution in [0.4, 0.5) is 0 Å². The molecule has 6 heteroatoms. The summed E-state index contributed by atoms with van der Waals surface area (Å²) in [6.07, 6.45) is 5.52. The van der Waals surface area contributed by atoms with Crippen molar-refractivity contribution >= 4 is 42.3 Å². The van der Waals surface area contributed by atoms with E-state index in [2.05, 4.69) is 445 Å². The minimum absolute atomic E-state index is 0.939. The first-order valence-electron chi connectivity index (χ1n) is 42.2. The van der Waals surface area contributed by atoms with E-state index < -0.39 is 0 Å². The Morgan fingerprint density at radius 2 is 0.439 bits per heavy atom.